The maximum Gasteiger partial charge on any atom is 0.332 e. The van der Waals surface area contributed by atoms with Crippen molar-refractivity contribution in [3.05, 3.63) is 33.1 Å². The molecule has 0 spiro atoms. The molecular weight excluding hydrogens is 596 g/mol. The fourth-order valence-corrected chi connectivity index (χ4v) is 3.30. The zero-order valence-electron chi connectivity index (χ0n) is 16.5. The van der Waals surface area contributed by atoms with Crippen molar-refractivity contribution in [2.24, 2.45) is 7.05 Å². The molecule has 11 nitrogen and oxygen atoms in total. The molecule has 0 radical (unpaired) electrons. The molecule has 0 saturated carbocycles. The number of rotatable bonds is 8. The average Bonchev–Trinajstić information content (AvgIpc) is 3.18. The monoisotopic (exact) mass is 610 g/mol. The summed E-state index contributed by atoms with van der Waals surface area (Å²) >= 11 is 34.4. The van der Waals surface area contributed by atoms with Crippen LogP contribution in [-0.2, 0) is 35.1 Å². The summed E-state index contributed by atoms with van der Waals surface area (Å²) in [5.74, 6) is -2.20. The number of alkyl halides is 6. The Bertz CT molecular complexity index is 899. The first-order valence-corrected chi connectivity index (χ1v) is 11.6. The first-order valence-electron chi connectivity index (χ1n) is 8.63. The molecule has 1 aromatic heterocycles. The molecule has 188 valence electrons. The van der Waals surface area contributed by atoms with Crippen LogP contribution in [0, 0.1) is 0 Å². The lowest BCUT2D eigenvalue weighted by Crippen LogP contribution is -2.51. The Kier molecular flexibility index (Phi) is 12.4. The van der Waals surface area contributed by atoms with Crippen LogP contribution in [0.25, 0.3) is 0 Å². The van der Waals surface area contributed by atoms with Crippen LogP contribution in [0.4, 0.5) is 0 Å². The Morgan fingerprint density at radius 3 is 2.12 bits per heavy atom. The minimum absolute atomic E-state index is 0.190. The topological polar surface area (TPSA) is 135 Å². The number of carboxylic acid groups (broad SMARTS) is 1. The average molecular weight is 613 g/mol. The normalized spacial score (nSPS) is 19.2. The molecule has 2 rings (SSSR count). The van der Waals surface area contributed by atoms with Gasteiger partial charge in [0.25, 0.3) is 12.0 Å². The summed E-state index contributed by atoms with van der Waals surface area (Å²) in [5, 5.41) is 6.89. The van der Waals surface area contributed by atoms with Crippen molar-refractivity contribution < 1.29 is 33.2 Å². The molecule has 1 aliphatic rings. The summed E-state index contributed by atoms with van der Waals surface area (Å²) in [6.45, 7) is -1.37. The van der Waals surface area contributed by atoms with E-state index in [1.165, 1.54) is 23.9 Å². The summed E-state index contributed by atoms with van der Waals surface area (Å²) in [5.41, 5.74) is -1.09. The van der Waals surface area contributed by atoms with Crippen LogP contribution in [0.5, 0.6) is 0 Å². The van der Waals surface area contributed by atoms with Crippen molar-refractivity contribution in [3.63, 3.8) is 0 Å². The second-order valence-electron chi connectivity index (χ2n) is 6.24. The zero-order valence-corrected chi connectivity index (χ0v) is 22.0. The van der Waals surface area contributed by atoms with E-state index in [0.29, 0.717) is 0 Å². The molecule has 1 aliphatic heterocycles. The molecule has 1 saturated heterocycles. The second-order valence-corrected chi connectivity index (χ2v) is 11.6. The maximum absolute atomic E-state index is 12.4. The van der Waals surface area contributed by atoms with Gasteiger partial charge in [0.15, 0.2) is 0 Å². The van der Waals surface area contributed by atoms with E-state index in [1.54, 1.807) is 0 Å². The third-order valence-corrected chi connectivity index (χ3v) is 4.94. The Balaban J connectivity index is 0.00000172. The molecule has 1 fully saturated rings. The van der Waals surface area contributed by atoms with E-state index in [0.717, 1.165) is 4.57 Å². The summed E-state index contributed by atoms with van der Waals surface area (Å²) in [6.07, 6.45) is -0.148. The van der Waals surface area contributed by atoms with Gasteiger partial charge in [0.2, 0.25) is 7.59 Å². The highest BCUT2D eigenvalue weighted by Crippen LogP contribution is 2.41. The van der Waals surface area contributed by atoms with Gasteiger partial charge in [-0.25, -0.2) is 13.9 Å². The minimum atomic E-state index is -2.20. The lowest BCUT2D eigenvalue weighted by atomic mass is 10.2. The fourth-order valence-electron chi connectivity index (χ4n) is 2.65. The third kappa shape index (κ3) is 9.77. The van der Waals surface area contributed by atoms with Crippen LogP contribution in [0.2, 0.25) is 0 Å². The van der Waals surface area contributed by atoms with Gasteiger partial charge in [-0.15, -0.1) is 0 Å². The number of carbonyl (C=O) groups is 1. The predicted molar refractivity (Wildman–Crippen MR) is 122 cm³/mol. The van der Waals surface area contributed by atoms with Gasteiger partial charge in [0.05, 0.1) is 13.2 Å². The number of ether oxygens (including phenoxy) is 3. The van der Waals surface area contributed by atoms with Crippen LogP contribution in [0.1, 0.15) is 19.1 Å². The molecule has 1 aromatic rings. The van der Waals surface area contributed by atoms with E-state index in [4.69, 9.17) is 98.2 Å². The Labute approximate surface area is 218 Å². The molecule has 2 unspecified atom stereocenters. The van der Waals surface area contributed by atoms with Crippen molar-refractivity contribution in [1.29, 1.82) is 0 Å². The van der Waals surface area contributed by atoms with Crippen molar-refractivity contribution in [1.82, 2.24) is 9.13 Å². The smallest absolute Gasteiger partial charge is 0.332 e. The van der Waals surface area contributed by atoms with Gasteiger partial charge in [-0.3, -0.25) is 18.7 Å². The standard InChI is InChI=1S/C14H15Cl6N2O7P.CH2O2/c1-21-9(23)4-5-22(11(21)24)10-3-2-8(28-10)14(29-30-25,26-6-12(15,16)17)27-7-13(18,19)20;2-1-3/h4-5,8,10H,2-3,6-7H2,1H3;1H,(H,2,3). The van der Waals surface area contributed by atoms with Crippen LogP contribution in [-0.4, -0.2) is 53.6 Å². The van der Waals surface area contributed by atoms with E-state index in [-0.39, 0.29) is 19.3 Å². The largest absolute Gasteiger partial charge is 0.483 e. The SMILES string of the molecule is Cn1c(=O)ccn(C2CCC(C(OCC(Cl)(Cl)Cl)(OCC(Cl)(Cl)Cl)OP=O)O2)c1=O.O=CO. The molecule has 0 aliphatic carbocycles. The highest BCUT2D eigenvalue weighted by Gasteiger charge is 2.51. The first kappa shape index (κ1) is 30.9. The minimum Gasteiger partial charge on any atom is -0.483 e. The third-order valence-electron chi connectivity index (χ3n) is 3.96. The first-order chi connectivity index (χ1) is 15.2. The molecule has 18 heteroatoms. The quantitative estimate of drug-likeness (QED) is 0.202. The Morgan fingerprint density at radius 1 is 1.15 bits per heavy atom. The lowest BCUT2D eigenvalue weighted by molar-refractivity contribution is -0.381. The van der Waals surface area contributed by atoms with Gasteiger partial charge in [-0.05, 0) is 12.8 Å². The molecule has 2 atom stereocenters. The van der Waals surface area contributed by atoms with E-state index >= 15 is 0 Å². The van der Waals surface area contributed by atoms with Gasteiger partial charge in [0.1, 0.15) is 12.3 Å². The maximum atomic E-state index is 12.4. The molecule has 0 aromatic carbocycles. The van der Waals surface area contributed by atoms with E-state index < -0.39 is 59.0 Å². The predicted octanol–water partition coefficient (Wildman–Crippen LogP) is 3.58. The second kappa shape index (κ2) is 13.2. The molecule has 1 N–H and O–H groups in total. The van der Waals surface area contributed by atoms with Crippen LogP contribution in [0.15, 0.2) is 21.9 Å². The molecule has 0 amide bonds. The molecule has 2 heterocycles. The van der Waals surface area contributed by atoms with Crippen LogP contribution < -0.4 is 11.2 Å². The van der Waals surface area contributed by atoms with Crippen molar-refractivity contribution in [3.8, 4) is 0 Å². The summed E-state index contributed by atoms with van der Waals surface area (Å²) in [6, 6.07) is 1.21. The van der Waals surface area contributed by atoms with Crippen molar-refractivity contribution in [2.75, 3.05) is 13.2 Å². The highest BCUT2D eigenvalue weighted by atomic mass is 35.6. The number of aromatic nitrogens is 2. The van der Waals surface area contributed by atoms with Crippen molar-refractivity contribution >= 4 is 84.8 Å². The fraction of sp³-hybridized carbons (Fsp3) is 0.667. The Hall–Kier alpha value is -0.170. The number of hydrogen-bond donors (Lipinski definition) is 1. The van der Waals surface area contributed by atoms with Crippen LogP contribution in [0.3, 0.4) is 0 Å². The van der Waals surface area contributed by atoms with Gasteiger partial charge in [-0.1, -0.05) is 69.6 Å². The Morgan fingerprint density at radius 2 is 1.67 bits per heavy atom. The van der Waals surface area contributed by atoms with Gasteiger partial charge >= 0.3 is 20.3 Å². The number of nitrogens with zero attached hydrogens (tertiary/aromatic N) is 2. The van der Waals surface area contributed by atoms with E-state index in [2.05, 4.69) is 0 Å². The van der Waals surface area contributed by atoms with Crippen molar-refractivity contribution in [2.45, 2.75) is 38.7 Å². The lowest BCUT2D eigenvalue weighted by Gasteiger charge is -2.36. The molecule has 0 bridgehead atoms. The molecule has 33 heavy (non-hydrogen) atoms. The highest BCUT2D eigenvalue weighted by molar-refractivity contribution is 7.17. The van der Waals surface area contributed by atoms with Gasteiger partial charge < -0.3 is 19.3 Å². The molecular formula is C15H17Cl6N2O9P. The summed E-state index contributed by atoms with van der Waals surface area (Å²) in [4.78, 5) is 32.3. The number of halogens is 6. The number of hydrogen-bond acceptors (Lipinski definition) is 8. The van der Waals surface area contributed by atoms with Gasteiger partial charge in [-0.2, -0.15) is 0 Å². The summed E-state index contributed by atoms with van der Waals surface area (Å²) in [7, 11) is 0.461. The van der Waals surface area contributed by atoms with Crippen LogP contribution >= 0.6 is 78.3 Å². The van der Waals surface area contributed by atoms with E-state index in [9.17, 15) is 14.2 Å². The summed E-state index contributed by atoms with van der Waals surface area (Å²) < 4.78 is 31.5. The van der Waals surface area contributed by atoms with E-state index in [1.807, 2.05) is 0 Å². The zero-order chi connectivity index (χ0) is 25.4. The van der Waals surface area contributed by atoms with Gasteiger partial charge in [0, 0.05) is 19.3 Å².